The van der Waals surface area contributed by atoms with Crippen molar-refractivity contribution >= 4 is 23.2 Å². The first-order valence-electron chi connectivity index (χ1n) is 8.83. The lowest BCUT2D eigenvalue weighted by Gasteiger charge is -2.39. The fourth-order valence-electron chi connectivity index (χ4n) is 3.30. The summed E-state index contributed by atoms with van der Waals surface area (Å²) in [5.41, 5.74) is 3.52. The number of hydrogen-bond acceptors (Lipinski definition) is 3. The van der Waals surface area contributed by atoms with Crippen LogP contribution in [0.15, 0.2) is 48.5 Å². The molecule has 1 atom stereocenters. The van der Waals surface area contributed by atoms with Crippen molar-refractivity contribution in [3.05, 3.63) is 59.7 Å². The lowest BCUT2D eigenvalue weighted by molar-refractivity contribution is -0.121. The molecule has 0 aliphatic carbocycles. The third kappa shape index (κ3) is 3.43. The molecular weight excluding hydrogens is 326 g/mol. The molecule has 2 amide bonds. The first kappa shape index (κ1) is 18.0. The van der Waals surface area contributed by atoms with E-state index < -0.39 is 0 Å². The van der Waals surface area contributed by atoms with Gasteiger partial charge in [-0.3, -0.25) is 9.59 Å². The highest BCUT2D eigenvalue weighted by Crippen LogP contribution is 2.25. The highest BCUT2D eigenvalue weighted by atomic mass is 16.2. The molecule has 5 nitrogen and oxygen atoms in total. The van der Waals surface area contributed by atoms with Gasteiger partial charge in [-0.1, -0.05) is 29.8 Å². The van der Waals surface area contributed by atoms with Crippen LogP contribution in [0.25, 0.3) is 0 Å². The summed E-state index contributed by atoms with van der Waals surface area (Å²) < 4.78 is 0. The van der Waals surface area contributed by atoms with E-state index in [-0.39, 0.29) is 24.4 Å². The van der Waals surface area contributed by atoms with E-state index in [0.29, 0.717) is 12.1 Å². The predicted octanol–water partition coefficient (Wildman–Crippen LogP) is 2.94. The Kier molecular flexibility index (Phi) is 4.98. The first-order valence-corrected chi connectivity index (χ1v) is 8.83. The van der Waals surface area contributed by atoms with Crippen molar-refractivity contribution < 1.29 is 9.59 Å². The number of nitrogens with zero attached hydrogens (tertiary/aromatic N) is 3. The minimum atomic E-state index is -0.0984. The summed E-state index contributed by atoms with van der Waals surface area (Å²) in [6, 6.07) is 15.4. The van der Waals surface area contributed by atoms with E-state index >= 15 is 0 Å². The van der Waals surface area contributed by atoms with Gasteiger partial charge in [-0.2, -0.15) is 0 Å². The maximum Gasteiger partial charge on any atom is 0.256 e. The topological polar surface area (TPSA) is 43.9 Å². The number of rotatable bonds is 3. The zero-order chi connectivity index (χ0) is 18.8. The Bertz CT molecular complexity index is 814. The Labute approximate surface area is 154 Å². The largest absolute Gasteiger partial charge is 0.377 e. The van der Waals surface area contributed by atoms with Crippen molar-refractivity contribution in [1.82, 2.24) is 4.90 Å². The number of benzene rings is 2. The van der Waals surface area contributed by atoms with Crippen LogP contribution in [0.5, 0.6) is 0 Å². The molecule has 2 aromatic rings. The van der Waals surface area contributed by atoms with Gasteiger partial charge >= 0.3 is 0 Å². The monoisotopic (exact) mass is 351 g/mol. The molecule has 1 aliphatic rings. The van der Waals surface area contributed by atoms with E-state index in [0.717, 1.165) is 16.9 Å². The normalized spacial score (nSPS) is 17.4. The van der Waals surface area contributed by atoms with Gasteiger partial charge in [-0.15, -0.1) is 0 Å². The molecule has 0 spiro atoms. The molecule has 0 unspecified atom stereocenters. The Hall–Kier alpha value is -2.82. The summed E-state index contributed by atoms with van der Waals surface area (Å²) in [5.74, 6) is -0.152. The molecule has 2 aromatic carbocycles. The number of hydrogen-bond donors (Lipinski definition) is 0. The quantitative estimate of drug-likeness (QED) is 0.854. The smallest absolute Gasteiger partial charge is 0.256 e. The van der Waals surface area contributed by atoms with Crippen molar-refractivity contribution in [3.8, 4) is 0 Å². The average molecular weight is 351 g/mol. The lowest BCUT2D eigenvalue weighted by atomic mass is 10.1. The summed E-state index contributed by atoms with van der Waals surface area (Å²) in [6.45, 7) is 4.60. The molecule has 0 radical (unpaired) electrons. The maximum atomic E-state index is 13.1. The molecule has 136 valence electrons. The summed E-state index contributed by atoms with van der Waals surface area (Å²) >= 11 is 0. The highest BCUT2D eigenvalue weighted by molar-refractivity contribution is 6.04. The van der Waals surface area contributed by atoms with E-state index in [1.807, 2.05) is 81.4 Å². The Morgan fingerprint density at radius 2 is 1.73 bits per heavy atom. The first-order chi connectivity index (χ1) is 12.4. The molecule has 26 heavy (non-hydrogen) atoms. The number of carbonyl (C=O) groups excluding carboxylic acids is 2. The van der Waals surface area contributed by atoms with Gasteiger partial charge < -0.3 is 14.7 Å². The lowest BCUT2D eigenvalue weighted by Crippen LogP contribution is -2.57. The van der Waals surface area contributed by atoms with E-state index in [2.05, 4.69) is 0 Å². The standard InChI is InChI=1S/C21H25N3O2/c1-15-9-11-17(12-10-15)24-13-16(2)23(14-20(24)25)21(26)18-7-5-6-8-19(18)22(3)4/h5-12,16H,13-14H2,1-4H3/t16-/m0/s1. The molecule has 0 saturated carbocycles. The van der Waals surface area contributed by atoms with Gasteiger partial charge in [0.2, 0.25) is 5.91 Å². The van der Waals surface area contributed by atoms with Crippen molar-refractivity contribution in [1.29, 1.82) is 0 Å². The number of amides is 2. The highest BCUT2D eigenvalue weighted by Gasteiger charge is 2.34. The minimum Gasteiger partial charge on any atom is -0.377 e. The van der Waals surface area contributed by atoms with Gasteiger partial charge in [-0.25, -0.2) is 0 Å². The second kappa shape index (κ2) is 7.20. The zero-order valence-electron chi connectivity index (χ0n) is 15.8. The molecule has 1 aliphatic heterocycles. The van der Waals surface area contributed by atoms with Gasteiger partial charge in [-0.05, 0) is 38.1 Å². The third-order valence-electron chi connectivity index (χ3n) is 4.81. The Morgan fingerprint density at radius 3 is 2.38 bits per heavy atom. The molecule has 1 fully saturated rings. The molecule has 1 heterocycles. The molecule has 0 aromatic heterocycles. The zero-order valence-corrected chi connectivity index (χ0v) is 15.8. The van der Waals surface area contributed by atoms with Gasteiger partial charge in [0.15, 0.2) is 0 Å². The maximum absolute atomic E-state index is 13.1. The summed E-state index contributed by atoms with van der Waals surface area (Å²) in [7, 11) is 3.83. The number of aryl methyl sites for hydroxylation is 1. The Morgan fingerprint density at radius 1 is 1.08 bits per heavy atom. The number of carbonyl (C=O) groups is 2. The SMILES string of the molecule is Cc1ccc(N2C[C@H](C)N(C(=O)c3ccccc3N(C)C)CC2=O)cc1. The van der Waals surface area contributed by atoms with Crippen molar-refractivity contribution in [2.24, 2.45) is 0 Å². The van der Waals surface area contributed by atoms with Crippen LogP contribution >= 0.6 is 0 Å². The number of piperazine rings is 1. The predicted molar refractivity (Wildman–Crippen MR) is 105 cm³/mol. The van der Waals surface area contributed by atoms with Crippen LogP contribution in [0.3, 0.4) is 0 Å². The third-order valence-corrected chi connectivity index (χ3v) is 4.81. The van der Waals surface area contributed by atoms with E-state index in [1.54, 1.807) is 9.80 Å². The van der Waals surface area contributed by atoms with E-state index in [9.17, 15) is 9.59 Å². The van der Waals surface area contributed by atoms with Crippen LogP contribution in [0.2, 0.25) is 0 Å². The molecule has 1 saturated heterocycles. The van der Waals surface area contributed by atoms with E-state index in [1.165, 1.54) is 0 Å². The fraction of sp³-hybridized carbons (Fsp3) is 0.333. The van der Waals surface area contributed by atoms with Gasteiger partial charge in [0.1, 0.15) is 6.54 Å². The molecular formula is C21H25N3O2. The van der Waals surface area contributed by atoms with Crippen LogP contribution in [-0.2, 0) is 4.79 Å². The van der Waals surface area contributed by atoms with Crippen LogP contribution < -0.4 is 9.80 Å². The summed E-state index contributed by atoms with van der Waals surface area (Å²) in [6.07, 6.45) is 0. The molecule has 3 rings (SSSR count). The van der Waals surface area contributed by atoms with Crippen LogP contribution in [-0.4, -0.2) is 49.9 Å². The van der Waals surface area contributed by atoms with Crippen LogP contribution in [0.1, 0.15) is 22.8 Å². The number of anilines is 2. The van der Waals surface area contributed by atoms with Crippen molar-refractivity contribution in [2.45, 2.75) is 19.9 Å². The van der Waals surface area contributed by atoms with Gasteiger partial charge in [0.25, 0.3) is 5.91 Å². The molecule has 5 heteroatoms. The minimum absolute atomic E-state index is 0.0531. The second-order valence-electron chi connectivity index (χ2n) is 7.03. The Balaban J connectivity index is 1.83. The van der Waals surface area contributed by atoms with E-state index in [4.69, 9.17) is 0 Å². The van der Waals surface area contributed by atoms with Gasteiger partial charge in [0.05, 0.1) is 5.56 Å². The molecule has 0 N–H and O–H groups in total. The van der Waals surface area contributed by atoms with Crippen molar-refractivity contribution in [3.63, 3.8) is 0 Å². The van der Waals surface area contributed by atoms with Crippen molar-refractivity contribution in [2.75, 3.05) is 37.0 Å². The van der Waals surface area contributed by atoms with Gasteiger partial charge in [0, 0.05) is 38.1 Å². The fourth-order valence-corrected chi connectivity index (χ4v) is 3.30. The molecule has 0 bridgehead atoms. The van der Waals surface area contributed by atoms with Crippen LogP contribution in [0.4, 0.5) is 11.4 Å². The van der Waals surface area contributed by atoms with Crippen LogP contribution in [0, 0.1) is 6.92 Å². The number of para-hydroxylation sites is 1. The average Bonchev–Trinajstić information content (AvgIpc) is 2.63. The summed E-state index contributed by atoms with van der Waals surface area (Å²) in [5, 5.41) is 0. The second-order valence-corrected chi connectivity index (χ2v) is 7.03. The summed E-state index contributed by atoms with van der Waals surface area (Å²) in [4.78, 5) is 31.2.